The van der Waals surface area contributed by atoms with Gasteiger partial charge in [0.25, 0.3) is 5.69 Å². The Kier molecular flexibility index (Phi) is 8.48. The molecule has 0 radical (unpaired) electrons. The van der Waals surface area contributed by atoms with Crippen LogP contribution in [0, 0.1) is 16.0 Å². The number of hydrogen-bond donors (Lipinski definition) is 3. The molecular formula is C13H18ClF3N4O3. The van der Waals surface area contributed by atoms with Crippen molar-refractivity contribution in [2.24, 2.45) is 11.7 Å². The third kappa shape index (κ3) is 6.20. The first-order valence-corrected chi connectivity index (χ1v) is 6.74. The molecule has 0 aliphatic rings. The van der Waals surface area contributed by atoms with Crippen LogP contribution in [0.25, 0.3) is 0 Å². The maximum Gasteiger partial charge on any atom is 0.416 e. The first kappa shape index (κ1) is 21.9. The van der Waals surface area contributed by atoms with E-state index in [0.717, 1.165) is 12.1 Å². The molecular weight excluding hydrogens is 353 g/mol. The number of carbonyl (C=O) groups excluding carboxylic acids is 1. The smallest absolute Gasteiger partial charge is 0.378 e. The molecule has 1 rings (SSSR count). The van der Waals surface area contributed by atoms with Crippen LogP contribution in [0.3, 0.4) is 0 Å². The second-order valence-corrected chi connectivity index (χ2v) is 4.84. The highest BCUT2D eigenvalue weighted by atomic mass is 35.5. The van der Waals surface area contributed by atoms with Gasteiger partial charge in [0, 0.05) is 31.6 Å². The number of halogens is 4. The molecule has 0 aliphatic carbocycles. The lowest BCUT2D eigenvalue weighted by Gasteiger charge is -2.12. The molecule has 0 spiro atoms. The Bertz CT molecular complexity index is 584. The minimum Gasteiger partial charge on any atom is -0.378 e. The van der Waals surface area contributed by atoms with E-state index in [1.54, 1.807) is 6.92 Å². The summed E-state index contributed by atoms with van der Waals surface area (Å²) in [5.41, 5.74) is 3.50. The Morgan fingerprint density at radius 1 is 1.38 bits per heavy atom. The van der Waals surface area contributed by atoms with Gasteiger partial charge in [-0.1, -0.05) is 6.92 Å². The Morgan fingerprint density at radius 3 is 2.50 bits per heavy atom. The second kappa shape index (κ2) is 9.28. The molecule has 0 saturated carbocycles. The standard InChI is InChI=1S/C13H17F3N4O3.ClH/c1-8(7-17)12(21)19-5-4-18-10-3-2-9(13(14,15)16)6-11(10)20(22)23;/h2-3,6,8,18H,4-5,7,17H2,1H3,(H,19,21);1H. The number of rotatable bonds is 7. The highest BCUT2D eigenvalue weighted by molar-refractivity contribution is 5.85. The van der Waals surface area contributed by atoms with Crippen LogP contribution in [-0.2, 0) is 11.0 Å². The van der Waals surface area contributed by atoms with E-state index in [-0.39, 0.29) is 49.6 Å². The first-order valence-electron chi connectivity index (χ1n) is 6.74. The number of anilines is 1. The molecule has 4 N–H and O–H groups in total. The van der Waals surface area contributed by atoms with Crippen LogP contribution >= 0.6 is 12.4 Å². The van der Waals surface area contributed by atoms with E-state index in [0.29, 0.717) is 6.07 Å². The Hall–Kier alpha value is -2.07. The normalized spacial score (nSPS) is 12.0. The fourth-order valence-corrected chi connectivity index (χ4v) is 1.67. The molecule has 1 atom stereocenters. The zero-order valence-corrected chi connectivity index (χ0v) is 13.5. The van der Waals surface area contributed by atoms with Crippen LogP contribution in [0.4, 0.5) is 24.5 Å². The molecule has 0 saturated heterocycles. The fraction of sp³-hybridized carbons (Fsp3) is 0.462. The van der Waals surface area contributed by atoms with Crippen molar-refractivity contribution in [2.75, 3.05) is 25.0 Å². The van der Waals surface area contributed by atoms with E-state index in [2.05, 4.69) is 10.6 Å². The molecule has 1 aromatic rings. The molecule has 0 heterocycles. The largest absolute Gasteiger partial charge is 0.416 e. The molecule has 0 fully saturated rings. The third-order valence-corrected chi connectivity index (χ3v) is 3.06. The molecule has 1 unspecified atom stereocenters. The predicted molar refractivity (Wildman–Crippen MR) is 85.1 cm³/mol. The van der Waals surface area contributed by atoms with Crippen LogP contribution in [0.2, 0.25) is 0 Å². The first-order chi connectivity index (χ1) is 10.7. The van der Waals surface area contributed by atoms with Crippen molar-refractivity contribution in [1.29, 1.82) is 0 Å². The molecule has 24 heavy (non-hydrogen) atoms. The molecule has 7 nitrogen and oxygen atoms in total. The SMILES string of the molecule is CC(CN)C(=O)NCCNc1ccc(C(F)(F)F)cc1[N+](=O)[O-].Cl. The lowest BCUT2D eigenvalue weighted by molar-refractivity contribution is -0.384. The number of hydrogen-bond acceptors (Lipinski definition) is 5. The summed E-state index contributed by atoms with van der Waals surface area (Å²) in [5, 5.41) is 16.1. The number of carbonyl (C=O) groups is 1. The van der Waals surface area contributed by atoms with Crippen LogP contribution in [0.5, 0.6) is 0 Å². The third-order valence-electron chi connectivity index (χ3n) is 3.06. The van der Waals surface area contributed by atoms with Crippen molar-refractivity contribution in [3.63, 3.8) is 0 Å². The molecule has 136 valence electrons. The zero-order valence-electron chi connectivity index (χ0n) is 12.7. The highest BCUT2D eigenvalue weighted by Gasteiger charge is 2.32. The minimum absolute atomic E-state index is 0. The van der Waals surface area contributed by atoms with Crippen LogP contribution in [-0.4, -0.2) is 30.5 Å². The van der Waals surface area contributed by atoms with Gasteiger partial charge >= 0.3 is 6.18 Å². The van der Waals surface area contributed by atoms with Crippen molar-refractivity contribution in [3.8, 4) is 0 Å². The van der Waals surface area contributed by atoms with E-state index in [1.807, 2.05) is 0 Å². The van der Waals surface area contributed by atoms with Crippen LogP contribution in [0.15, 0.2) is 18.2 Å². The van der Waals surface area contributed by atoms with Crippen LogP contribution < -0.4 is 16.4 Å². The average molecular weight is 371 g/mol. The summed E-state index contributed by atoms with van der Waals surface area (Å²) in [6.45, 7) is 2.10. The van der Waals surface area contributed by atoms with Gasteiger partial charge in [-0.05, 0) is 12.1 Å². The van der Waals surface area contributed by atoms with Crippen molar-refractivity contribution < 1.29 is 22.9 Å². The zero-order chi connectivity index (χ0) is 17.6. The summed E-state index contributed by atoms with van der Waals surface area (Å²) in [5.74, 6) is -0.633. The summed E-state index contributed by atoms with van der Waals surface area (Å²) in [6, 6.07) is 2.22. The number of nitrogens with one attached hydrogen (secondary N) is 2. The van der Waals surface area contributed by atoms with Gasteiger partial charge in [0.05, 0.1) is 10.5 Å². The van der Waals surface area contributed by atoms with Crippen molar-refractivity contribution in [2.45, 2.75) is 13.1 Å². The number of amides is 1. The monoisotopic (exact) mass is 370 g/mol. The van der Waals surface area contributed by atoms with Crippen LogP contribution in [0.1, 0.15) is 12.5 Å². The van der Waals surface area contributed by atoms with E-state index >= 15 is 0 Å². The molecule has 0 aromatic heterocycles. The summed E-state index contributed by atoms with van der Waals surface area (Å²) < 4.78 is 37.7. The number of benzene rings is 1. The topological polar surface area (TPSA) is 110 Å². The molecule has 0 aliphatic heterocycles. The van der Waals surface area contributed by atoms with Crippen molar-refractivity contribution >= 4 is 29.7 Å². The van der Waals surface area contributed by atoms with Gasteiger partial charge in [-0.25, -0.2) is 0 Å². The van der Waals surface area contributed by atoms with Gasteiger partial charge in [-0.3, -0.25) is 14.9 Å². The average Bonchev–Trinajstić information content (AvgIpc) is 2.49. The lowest BCUT2D eigenvalue weighted by Crippen LogP contribution is -2.35. The predicted octanol–water partition coefficient (Wildman–Crippen LogP) is 2.16. The second-order valence-electron chi connectivity index (χ2n) is 4.84. The summed E-state index contributed by atoms with van der Waals surface area (Å²) in [4.78, 5) is 21.5. The number of nitro groups is 1. The van der Waals surface area contributed by atoms with Gasteiger partial charge in [0.1, 0.15) is 5.69 Å². The number of alkyl halides is 3. The minimum atomic E-state index is -4.66. The number of nitro benzene ring substituents is 1. The molecule has 0 bridgehead atoms. The van der Waals surface area contributed by atoms with Crippen molar-refractivity contribution in [1.82, 2.24) is 5.32 Å². The molecule has 11 heteroatoms. The van der Waals surface area contributed by atoms with E-state index in [9.17, 15) is 28.1 Å². The molecule has 1 aromatic carbocycles. The van der Waals surface area contributed by atoms with E-state index in [1.165, 1.54) is 0 Å². The maximum atomic E-state index is 12.6. The van der Waals surface area contributed by atoms with Gasteiger partial charge in [0.2, 0.25) is 5.91 Å². The lowest BCUT2D eigenvalue weighted by atomic mass is 10.1. The Labute approximate surface area is 142 Å². The number of nitrogens with two attached hydrogens (primary N) is 1. The van der Waals surface area contributed by atoms with Gasteiger partial charge in [0.15, 0.2) is 0 Å². The summed E-state index contributed by atoms with van der Waals surface area (Å²) >= 11 is 0. The van der Waals surface area contributed by atoms with Gasteiger partial charge in [-0.2, -0.15) is 13.2 Å². The highest BCUT2D eigenvalue weighted by Crippen LogP contribution is 2.34. The van der Waals surface area contributed by atoms with Crippen molar-refractivity contribution in [3.05, 3.63) is 33.9 Å². The molecule has 1 amide bonds. The maximum absolute atomic E-state index is 12.6. The Morgan fingerprint density at radius 2 is 2.00 bits per heavy atom. The van der Waals surface area contributed by atoms with E-state index < -0.39 is 22.4 Å². The van der Waals surface area contributed by atoms with E-state index in [4.69, 9.17) is 5.73 Å². The van der Waals surface area contributed by atoms with Gasteiger partial charge in [-0.15, -0.1) is 12.4 Å². The summed E-state index contributed by atoms with van der Waals surface area (Å²) in [6.07, 6.45) is -4.66. The van der Waals surface area contributed by atoms with Gasteiger partial charge < -0.3 is 16.4 Å². The Balaban J connectivity index is 0.00000529. The summed E-state index contributed by atoms with van der Waals surface area (Å²) in [7, 11) is 0. The quantitative estimate of drug-likeness (QED) is 0.387. The fourth-order valence-electron chi connectivity index (χ4n) is 1.67. The number of nitrogens with zero attached hydrogens (tertiary/aromatic N) is 1.